The van der Waals surface area contributed by atoms with Gasteiger partial charge in [0.1, 0.15) is 0 Å². The Labute approximate surface area is 83.1 Å². The zero-order valence-corrected chi connectivity index (χ0v) is 9.91. The van der Waals surface area contributed by atoms with Crippen LogP contribution in [0.15, 0.2) is 0 Å². The molecular formula is C13H24. The van der Waals surface area contributed by atoms with E-state index in [0.29, 0.717) is 16.2 Å². The lowest BCUT2D eigenvalue weighted by Gasteiger charge is -2.49. The summed E-state index contributed by atoms with van der Waals surface area (Å²) in [5, 5.41) is 0. The van der Waals surface area contributed by atoms with Crippen molar-refractivity contribution in [2.75, 3.05) is 0 Å². The zero-order valence-electron chi connectivity index (χ0n) is 9.91. The number of hydrogen-bond acceptors (Lipinski definition) is 0. The summed E-state index contributed by atoms with van der Waals surface area (Å²) >= 11 is 0. The summed E-state index contributed by atoms with van der Waals surface area (Å²) in [6.07, 6.45) is 5.94. The molecule has 0 unspecified atom stereocenters. The molecular weight excluding hydrogens is 156 g/mol. The number of hydrogen-bond donors (Lipinski definition) is 0. The van der Waals surface area contributed by atoms with Crippen LogP contribution in [-0.4, -0.2) is 0 Å². The quantitative estimate of drug-likeness (QED) is 0.523. The van der Waals surface area contributed by atoms with Gasteiger partial charge in [0, 0.05) is 0 Å². The first kappa shape index (κ1) is 9.55. The monoisotopic (exact) mass is 180 g/mol. The van der Waals surface area contributed by atoms with E-state index in [0.717, 1.165) is 5.92 Å². The van der Waals surface area contributed by atoms with Crippen LogP contribution in [0.5, 0.6) is 0 Å². The van der Waals surface area contributed by atoms with E-state index in [1.165, 1.54) is 25.7 Å². The lowest BCUT2D eigenvalue weighted by molar-refractivity contribution is 0.000974. The van der Waals surface area contributed by atoms with Crippen LogP contribution >= 0.6 is 0 Å². The largest absolute Gasteiger partial charge is 0.0596 e. The van der Waals surface area contributed by atoms with Crippen molar-refractivity contribution in [3.05, 3.63) is 0 Å². The third-order valence-corrected chi connectivity index (χ3v) is 5.53. The van der Waals surface area contributed by atoms with E-state index in [2.05, 4.69) is 34.6 Å². The minimum Gasteiger partial charge on any atom is -0.0596 e. The molecule has 0 heterocycles. The third-order valence-electron chi connectivity index (χ3n) is 5.53. The zero-order chi connectivity index (χ0) is 9.91. The number of fused-ring (bicyclic) bond motifs is 2. The van der Waals surface area contributed by atoms with Gasteiger partial charge < -0.3 is 0 Å². The third kappa shape index (κ3) is 0.926. The topological polar surface area (TPSA) is 0 Å². The first-order chi connectivity index (χ1) is 5.81. The Hall–Kier alpha value is 0. The van der Waals surface area contributed by atoms with E-state index in [1.54, 1.807) is 0 Å². The molecule has 2 rings (SSSR count). The molecule has 0 amide bonds. The average molecular weight is 180 g/mol. The first-order valence-electron chi connectivity index (χ1n) is 5.81. The Bertz CT molecular complexity index is 209. The van der Waals surface area contributed by atoms with Crippen LogP contribution in [0.1, 0.15) is 60.3 Å². The minimum atomic E-state index is 0.502. The Morgan fingerprint density at radius 3 is 1.62 bits per heavy atom. The van der Waals surface area contributed by atoms with E-state index >= 15 is 0 Å². The van der Waals surface area contributed by atoms with Gasteiger partial charge >= 0.3 is 0 Å². The van der Waals surface area contributed by atoms with Gasteiger partial charge in [0.05, 0.1) is 0 Å². The molecule has 2 aliphatic rings. The van der Waals surface area contributed by atoms with Crippen LogP contribution < -0.4 is 0 Å². The van der Waals surface area contributed by atoms with E-state index in [4.69, 9.17) is 0 Å². The molecule has 0 aromatic carbocycles. The van der Waals surface area contributed by atoms with Crippen LogP contribution in [0.2, 0.25) is 0 Å². The van der Waals surface area contributed by atoms with Gasteiger partial charge in [-0.2, -0.15) is 0 Å². The molecule has 0 heteroatoms. The van der Waals surface area contributed by atoms with Crippen LogP contribution in [-0.2, 0) is 0 Å². The van der Waals surface area contributed by atoms with Crippen molar-refractivity contribution >= 4 is 0 Å². The van der Waals surface area contributed by atoms with E-state index in [1.807, 2.05) is 0 Å². The second-order valence-corrected chi connectivity index (χ2v) is 6.83. The highest BCUT2D eigenvalue weighted by Crippen LogP contribution is 2.71. The number of rotatable bonds is 0. The van der Waals surface area contributed by atoms with Gasteiger partial charge in [-0.1, -0.05) is 34.6 Å². The fourth-order valence-corrected chi connectivity index (χ4v) is 4.58. The van der Waals surface area contributed by atoms with Crippen molar-refractivity contribution in [1.29, 1.82) is 0 Å². The lowest BCUT2D eigenvalue weighted by atomic mass is 9.56. The molecule has 0 nitrogen and oxygen atoms in total. The van der Waals surface area contributed by atoms with Gasteiger partial charge in [-0.15, -0.1) is 0 Å². The molecule has 2 saturated carbocycles. The second-order valence-electron chi connectivity index (χ2n) is 6.83. The molecule has 0 saturated heterocycles. The summed E-state index contributed by atoms with van der Waals surface area (Å²) in [6, 6.07) is 0. The highest BCUT2D eigenvalue weighted by Gasteiger charge is 2.62. The van der Waals surface area contributed by atoms with Crippen molar-refractivity contribution in [1.82, 2.24) is 0 Å². The van der Waals surface area contributed by atoms with Crippen molar-refractivity contribution in [3.63, 3.8) is 0 Å². The van der Waals surface area contributed by atoms with Crippen LogP contribution in [0.25, 0.3) is 0 Å². The summed E-state index contributed by atoms with van der Waals surface area (Å²) in [5.41, 5.74) is 1.75. The van der Waals surface area contributed by atoms with Crippen LogP contribution in [0, 0.1) is 22.2 Å². The van der Waals surface area contributed by atoms with Gasteiger partial charge in [-0.25, -0.2) is 0 Å². The van der Waals surface area contributed by atoms with Crippen molar-refractivity contribution in [2.45, 2.75) is 60.3 Å². The van der Waals surface area contributed by atoms with Crippen molar-refractivity contribution in [3.8, 4) is 0 Å². The Morgan fingerprint density at radius 1 is 1.00 bits per heavy atom. The van der Waals surface area contributed by atoms with Crippen LogP contribution in [0.3, 0.4) is 0 Å². The predicted octanol–water partition coefficient (Wildman–Crippen LogP) is 4.25. The van der Waals surface area contributed by atoms with Crippen LogP contribution in [0.4, 0.5) is 0 Å². The van der Waals surface area contributed by atoms with Gasteiger partial charge in [-0.3, -0.25) is 0 Å². The maximum atomic E-state index is 2.52. The minimum absolute atomic E-state index is 0.502. The van der Waals surface area contributed by atoms with Gasteiger partial charge in [0.25, 0.3) is 0 Å². The maximum Gasteiger partial charge on any atom is -0.0195 e. The van der Waals surface area contributed by atoms with Crippen molar-refractivity contribution in [2.24, 2.45) is 22.2 Å². The van der Waals surface area contributed by atoms with Gasteiger partial charge in [0.15, 0.2) is 0 Å². The molecule has 0 spiro atoms. The fraction of sp³-hybridized carbons (Fsp3) is 1.00. The fourth-order valence-electron chi connectivity index (χ4n) is 4.58. The molecule has 0 aromatic rings. The Morgan fingerprint density at radius 2 is 1.46 bits per heavy atom. The molecule has 13 heavy (non-hydrogen) atoms. The second kappa shape index (κ2) is 2.32. The highest BCUT2D eigenvalue weighted by atomic mass is 14.7. The van der Waals surface area contributed by atoms with Gasteiger partial charge in [0.2, 0.25) is 0 Å². The molecule has 0 aliphatic heterocycles. The maximum absolute atomic E-state index is 2.52. The molecule has 0 N–H and O–H groups in total. The average Bonchev–Trinajstić information content (AvgIpc) is 2.38. The summed E-state index contributed by atoms with van der Waals surface area (Å²) in [5.74, 6) is 1.02. The lowest BCUT2D eigenvalue weighted by Crippen LogP contribution is -2.41. The summed E-state index contributed by atoms with van der Waals surface area (Å²) in [6.45, 7) is 12.4. The summed E-state index contributed by atoms with van der Waals surface area (Å²) in [7, 11) is 0. The molecule has 76 valence electrons. The predicted molar refractivity (Wildman–Crippen MR) is 57.6 cm³/mol. The summed E-state index contributed by atoms with van der Waals surface area (Å²) < 4.78 is 0. The molecule has 2 aliphatic carbocycles. The smallest absolute Gasteiger partial charge is 0.0195 e. The molecule has 0 radical (unpaired) electrons. The summed E-state index contributed by atoms with van der Waals surface area (Å²) in [4.78, 5) is 0. The highest BCUT2D eigenvalue weighted by molar-refractivity contribution is 5.12. The first-order valence-corrected chi connectivity index (χ1v) is 5.81. The molecule has 0 aromatic heterocycles. The molecule has 2 bridgehead atoms. The van der Waals surface area contributed by atoms with Crippen molar-refractivity contribution < 1.29 is 0 Å². The molecule has 0 atom stereocenters. The normalized spacial score (nSPS) is 42.7. The SMILES string of the molecule is CC(C)(C)C12CCC(CC1)C2(C)C. The molecule has 2 fully saturated rings. The van der Waals surface area contributed by atoms with E-state index < -0.39 is 0 Å². The van der Waals surface area contributed by atoms with Gasteiger partial charge in [-0.05, 0) is 47.8 Å². The Balaban J connectivity index is 2.43. The van der Waals surface area contributed by atoms with E-state index in [-0.39, 0.29) is 0 Å². The van der Waals surface area contributed by atoms with E-state index in [9.17, 15) is 0 Å². The standard InChI is InChI=1S/C13H24/c1-11(2,3)13-8-6-10(7-9-13)12(13,4)5/h10H,6-9H2,1-5H3. The Kier molecular flexibility index (Phi) is 1.71.